The Bertz CT molecular complexity index is 921. The Kier molecular flexibility index (Phi) is 3.26. The van der Waals surface area contributed by atoms with Crippen LogP contribution in [-0.2, 0) is 0 Å². The average molecular weight is 299 g/mol. The van der Waals surface area contributed by atoms with Crippen LogP contribution in [0.2, 0.25) is 0 Å². The lowest BCUT2D eigenvalue weighted by molar-refractivity contribution is 0.988. The average Bonchev–Trinajstić information content (AvgIpc) is 2.89. The summed E-state index contributed by atoms with van der Waals surface area (Å²) in [6.07, 6.45) is 0. The predicted octanol–water partition coefficient (Wildman–Crippen LogP) is 2.50. The zero-order valence-corrected chi connectivity index (χ0v) is 12.3. The van der Waals surface area contributed by atoms with Gasteiger partial charge in [0.15, 0.2) is 5.82 Å². The molecule has 0 aliphatic carbocycles. The van der Waals surface area contributed by atoms with Crippen LogP contribution in [0.5, 0.6) is 0 Å². The monoisotopic (exact) mass is 299 g/mol. The Morgan fingerprint density at radius 2 is 1.90 bits per heavy atom. The van der Waals surface area contributed by atoms with Gasteiger partial charge in [0.05, 0.1) is 11.3 Å². The van der Waals surface area contributed by atoms with Crippen LogP contribution < -0.4 is 5.56 Å². The molecule has 6 nitrogen and oxygen atoms in total. The molecule has 3 rings (SSSR count). The van der Waals surface area contributed by atoms with Crippen LogP contribution in [0.3, 0.4) is 0 Å². The Morgan fingerprint density at radius 1 is 1.10 bits per heavy atom. The summed E-state index contributed by atoms with van der Waals surface area (Å²) in [4.78, 5) is 16.0. The van der Waals surface area contributed by atoms with Crippen LogP contribution >= 0.6 is 12.2 Å². The molecule has 7 heteroatoms. The fraction of sp³-hybridized carbons (Fsp3) is 0.143. The van der Waals surface area contributed by atoms with Gasteiger partial charge in [0, 0.05) is 5.56 Å². The second-order valence-electron chi connectivity index (χ2n) is 4.83. The lowest BCUT2D eigenvalue weighted by Crippen LogP contribution is -2.12. The first-order chi connectivity index (χ1) is 10.0. The smallest absolute Gasteiger partial charge is 0.275 e. The molecule has 106 valence electrons. The normalized spacial score (nSPS) is 10.8. The first-order valence-corrected chi connectivity index (χ1v) is 6.78. The largest absolute Gasteiger partial charge is 0.281 e. The van der Waals surface area contributed by atoms with Gasteiger partial charge in [-0.3, -0.25) is 15.0 Å². The van der Waals surface area contributed by atoms with E-state index in [0.29, 0.717) is 21.9 Å². The highest BCUT2D eigenvalue weighted by Gasteiger charge is 2.11. The molecule has 2 aromatic heterocycles. The van der Waals surface area contributed by atoms with Crippen LogP contribution in [0.25, 0.3) is 22.6 Å². The summed E-state index contributed by atoms with van der Waals surface area (Å²) in [5, 5.41) is 12.1. The fourth-order valence-electron chi connectivity index (χ4n) is 2.13. The Morgan fingerprint density at radius 3 is 2.62 bits per heavy atom. The number of hydrogen-bond acceptors (Lipinski definition) is 4. The van der Waals surface area contributed by atoms with Crippen molar-refractivity contribution < 1.29 is 0 Å². The zero-order chi connectivity index (χ0) is 15.0. The molecule has 0 aliphatic heterocycles. The Labute approximate surface area is 125 Å². The van der Waals surface area contributed by atoms with Crippen LogP contribution in [0.15, 0.2) is 29.1 Å². The number of aromatic nitrogens is 5. The van der Waals surface area contributed by atoms with E-state index in [1.807, 2.05) is 32.0 Å². The summed E-state index contributed by atoms with van der Waals surface area (Å²) in [5.74, 6) is 0.398. The molecule has 0 aliphatic rings. The standard InChI is InChI=1S/C14H13N5OS/c1-7-3-4-8(2)9(5-7)11-6-10(13(20)18-16-11)12-15-14(21)19-17-12/h3-6H,1-2H3,(H,18,20)(H2,15,17,19,21). The highest BCUT2D eigenvalue weighted by atomic mass is 32.1. The van der Waals surface area contributed by atoms with Gasteiger partial charge in [0.2, 0.25) is 4.77 Å². The lowest BCUT2D eigenvalue weighted by atomic mass is 10.0. The number of nitrogens with one attached hydrogen (secondary N) is 3. The van der Waals surface area contributed by atoms with Crippen molar-refractivity contribution >= 4 is 12.2 Å². The van der Waals surface area contributed by atoms with Crippen molar-refractivity contribution in [2.24, 2.45) is 0 Å². The second-order valence-corrected chi connectivity index (χ2v) is 5.22. The molecule has 0 radical (unpaired) electrons. The Balaban J connectivity index is 2.20. The van der Waals surface area contributed by atoms with Gasteiger partial charge >= 0.3 is 0 Å². The molecule has 3 N–H and O–H groups in total. The fourth-order valence-corrected chi connectivity index (χ4v) is 2.27. The molecule has 2 heterocycles. The van der Waals surface area contributed by atoms with E-state index in [1.54, 1.807) is 6.07 Å². The van der Waals surface area contributed by atoms with Gasteiger partial charge in [-0.05, 0) is 43.8 Å². The van der Waals surface area contributed by atoms with Gasteiger partial charge in [-0.25, -0.2) is 5.10 Å². The van der Waals surface area contributed by atoms with Crippen molar-refractivity contribution in [3.05, 3.63) is 50.5 Å². The molecule has 0 bridgehead atoms. The summed E-state index contributed by atoms with van der Waals surface area (Å²) in [7, 11) is 0. The number of aryl methyl sites for hydroxylation is 2. The lowest BCUT2D eigenvalue weighted by Gasteiger charge is -2.07. The zero-order valence-electron chi connectivity index (χ0n) is 11.5. The summed E-state index contributed by atoms with van der Waals surface area (Å²) in [6, 6.07) is 7.81. The van der Waals surface area contributed by atoms with E-state index >= 15 is 0 Å². The van der Waals surface area contributed by atoms with Gasteiger partial charge in [-0.15, -0.1) is 0 Å². The van der Waals surface area contributed by atoms with E-state index in [2.05, 4.69) is 25.4 Å². The van der Waals surface area contributed by atoms with E-state index in [0.717, 1.165) is 16.7 Å². The number of rotatable bonds is 2. The first-order valence-electron chi connectivity index (χ1n) is 6.37. The highest BCUT2D eigenvalue weighted by molar-refractivity contribution is 7.71. The predicted molar refractivity (Wildman–Crippen MR) is 82.5 cm³/mol. The molecule has 1 aromatic carbocycles. The topological polar surface area (TPSA) is 90.2 Å². The number of nitrogens with zero attached hydrogens (tertiary/aromatic N) is 2. The summed E-state index contributed by atoms with van der Waals surface area (Å²) >= 11 is 4.91. The summed E-state index contributed by atoms with van der Waals surface area (Å²) in [6.45, 7) is 4.02. The van der Waals surface area contributed by atoms with Crippen molar-refractivity contribution in [2.75, 3.05) is 0 Å². The molecule has 0 fully saturated rings. The van der Waals surface area contributed by atoms with Crippen molar-refractivity contribution in [2.45, 2.75) is 13.8 Å². The van der Waals surface area contributed by atoms with E-state index in [9.17, 15) is 4.79 Å². The van der Waals surface area contributed by atoms with Crippen LogP contribution in [0, 0.1) is 18.6 Å². The third kappa shape index (κ3) is 2.55. The van der Waals surface area contributed by atoms with Crippen LogP contribution in [0.1, 0.15) is 11.1 Å². The Hall–Kier alpha value is -2.54. The van der Waals surface area contributed by atoms with E-state index in [-0.39, 0.29) is 5.56 Å². The highest BCUT2D eigenvalue weighted by Crippen LogP contribution is 2.23. The van der Waals surface area contributed by atoms with Gasteiger partial charge in [-0.2, -0.15) is 10.1 Å². The van der Waals surface area contributed by atoms with Crippen LogP contribution in [0.4, 0.5) is 0 Å². The van der Waals surface area contributed by atoms with E-state index in [4.69, 9.17) is 12.2 Å². The molecular weight excluding hydrogens is 286 g/mol. The van der Waals surface area contributed by atoms with Gasteiger partial charge < -0.3 is 0 Å². The molecule has 0 unspecified atom stereocenters. The van der Waals surface area contributed by atoms with Crippen molar-refractivity contribution in [1.82, 2.24) is 25.4 Å². The number of hydrogen-bond donors (Lipinski definition) is 3. The van der Waals surface area contributed by atoms with Gasteiger partial charge in [-0.1, -0.05) is 17.7 Å². The molecule has 21 heavy (non-hydrogen) atoms. The number of benzene rings is 1. The molecule has 0 amide bonds. The molecule has 3 aromatic rings. The minimum Gasteiger partial charge on any atom is -0.281 e. The van der Waals surface area contributed by atoms with E-state index < -0.39 is 0 Å². The maximum atomic E-state index is 11.9. The number of aromatic amines is 3. The molecular formula is C14H13N5OS. The van der Waals surface area contributed by atoms with Gasteiger partial charge in [0.25, 0.3) is 5.56 Å². The van der Waals surface area contributed by atoms with Crippen molar-refractivity contribution in [1.29, 1.82) is 0 Å². The molecule has 0 atom stereocenters. The molecule has 0 saturated heterocycles. The van der Waals surface area contributed by atoms with Crippen molar-refractivity contribution in [3.63, 3.8) is 0 Å². The first kappa shape index (κ1) is 13.4. The maximum Gasteiger partial charge on any atom is 0.275 e. The van der Waals surface area contributed by atoms with Gasteiger partial charge in [0.1, 0.15) is 0 Å². The second kappa shape index (κ2) is 5.10. The minimum absolute atomic E-state index is 0.300. The summed E-state index contributed by atoms with van der Waals surface area (Å²) in [5.41, 5.74) is 3.95. The third-order valence-corrected chi connectivity index (χ3v) is 3.42. The van der Waals surface area contributed by atoms with E-state index in [1.165, 1.54) is 0 Å². The third-order valence-electron chi connectivity index (χ3n) is 3.23. The minimum atomic E-state index is -0.318. The SMILES string of the molecule is Cc1ccc(C)c(-c2cc(-c3nc(=S)[nH][nH]3)c(=O)[nH]n2)c1. The van der Waals surface area contributed by atoms with Crippen LogP contribution in [-0.4, -0.2) is 25.4 Å². The maximum absolute atomic E-state index is 11.9. The molecule has 0 saturated carbocycles. The summed E-state index contributed by atoms with van der Waals surface area (Å²) < 4.78 is 0.300. The quantitative estimate of drug-likeness (QED) is 0.634. The number of H-pyrrole nitrogens is 3. The van der Waals surface area contributed by atoms with Crippen molar-refractivity contribution in [3.8, 4) is 22.6 Å². The molecule has 0 spiro atoms.